The fourth-order valence-electron chi connectivity index (χ4n) is 5.95. The van der Waals surface area contributed by atoms with Crippen LogP contribution in [0.1, 0.15) is 41.8 Å². The van der Waals surface area contributed by atoms with Gasteiger partial charge < -0.3 is 26.2 Å². The molecule has 0 fully saturated rings. The number of aliphatic hydroxyl groups excluding tert-OH is 2. The first-order valence-electron chi connectivity index (χ1n) is 11.3. The molecular weight excluding hydrogens is 440 g/mol. The van der Waals surface area contributed by atoms with Crippen molar-refractivity contribution in [1.82, 2.24) is 4.90 Å². The summed E-state index contributed by atoms with van der Waals surface area (Å²) in [6, 6.07) is 2.23. The van der Waals surface area contributed by atoms with E-state index in [9.17, 15) is 34.8 Å². The molecule has 0 aromatic heterocycles. The molecule has 3 aliphatic carbocycles. The van der Waals surface area contributed by atoms with Gasteiger partial charge in [-0.3, -0.25) is 19.3 Å². The summed E-state index contributed by atoms with van der Waals surface area (Å²) in [5.41, 5.74) is 3.42. The molecule has 4 rings (SSSR count). The van der Waals surface area contributed by atoms with Crippen molar-refractivity contribution in [3.63, 3.8) is 0 Å². The van der Waals surface area contributed by atoms with Crippen LogP contribution in [0.3, 0.4) is 0 Å². The molecule has 0 unspecified atom stereocenters. The summed E-state index contributed by atoms with van der Waals surface area (Å²) < 4.78 is 0. The Bertz CT molecular complexity index is 1180. The highest BCUT2D eigenvalue weighted by molar-refractivity contribution is 6.24. The van der Waals surface area contributed by atoms with E-state index in [1.165, 1.54) is 11.0 Å². The zero-order valence-corrected chi connectivity index (χ0v) is 19.6. The summed E-state index contributed by atoms with van der Waals surface area (Å²) in [6.45, 7) is 4.09. The van der Waals surface area contributed by atoms with E-state index >= 15 is 0 Å². The van der Waals surface area contributed by atoms with Crippen LogP contribution in [0, 0.1) is 17.8 Å². The second-order valence-corrected chi connectivity index (χ2v) is 10.2. The minimum atomic E-state index is -2.62. The van der Waals surface area contributed by atoms with Crippen LogP contribution in [0.4, 0.5) is 0 Å². The number of carbonyl (C=O) groups excluding carboxylic acids is 3. The molecule has 0 heterocycles. The fourth-order valence-corrected chi connectivity index (χ4v) is 5.95. The average molecular weight is 471 g/mol. The third-order valence-electron chi connectivity index (χ3n) is 7.33. The van der Waals surface area contributed by atoms with E-state index in [1.54, 1.807) is 20.2 Å². The molecule has 9 heteroatoms. The third-order valence-corrected chi connectivity index (χ3v) is 7.33. The van der Waals surface area contributed by atoms with Gasteiger partial charge in [0.25, 0.3) is 5.91 Å². The van der Waals surface area contributed by atoms with Gasteiger partial charge in [-0.15, -0.1) is 0 Å². The zero-order valence-electron chi connectivity index (χ0n) is 19.6. The number of aliphatic hydroxyl groups is 3. The number of rotatable bonds is 4. The minimum Gasteiger partial charge on any atom is -0.510 e. The number of hydrogen-bond acceptors (Lipinski definition) is 8. The van der Waals surface area contributed by atoms with Crippen LogP contribution >= 0.6 is 0 Å². The summed E-state index contributed by atoms with van der Waals surface area (Å²) in [4.78, 5) is 40.4. The number of benzene rings is 1. The first kappa shape index (κ1) is 24.0. The number of hydrogen-bond donors (Lipinski definition) is 5. The van der Waals surface area contributed by atoms with E-state index in [0.717, 1.165) is 5.56 Å². The molecule has 4 atom stereocenters. The first-order valence-corrected chi connectivity index (χ1v) is 11.3. The van der Waals surface area contributed by atoms with Crippen molar-refractivity contribution < 1.29 is 34.8 Å². The smallest absolute Gasteiger partial charge is 0.255 e. The molecular formula is C25H30N2O7. The van der Waals surface area contributed by atoms with Crippen LogP contribution in [-0.2, 0) is 22.4 Å². The number of amides is 1. The zero-order chi connectivity index (χ0) is 25.3. The molecule has 34 heavy (non-hydrogen) atoms. The maximum Gasteiger partial charge on any atom is 0.255 e. The van der Waals surface area contributed by atoms with E-state index in [-0.39, 0.29) is 23.3 Å². The normalized spacial score (nSPS) is 28.9. The Hall–Kier alpha value is -3.17. The second kappa shape index (κ2) is 7.95. The molecule has 0 saturated carbocycles. The Labute approximate surface area is 197 Å². The molecule has 0 saturated heterocycles. The van der Waals surface area contributed by atoms with Gasteiger partial charge in [-0.05, 0) is 62.4 Å². The molecule has 6 N–H and O–H groups in total. The Morgan fingerprint density at radius 3 is 2.41 bits per heavy atom. The maximum atomic E-state index is 13.6. The van der Waals surface area contributed by atoms with Gasteiger partial charge >= 0.3 is 0 Å². The van der Waals surface area contributed by atoms with Crippen LogP contribution in [0.25, 0.3) is 0 Å². The molecule has 3 aliphatic rings. The van der Waals surface area contributed by atoms with Crippen LogP contribution in [0.2, 0.25) is 0 Å². The highest BCUT2D eigenvalue weighted by atomic mass is 16.3. The van der Waals surface area contributed by atoms with Crippen molar-refractivity contribution in [3.05, 3.63) is 51.5 Å². The van der Waals surface area contributed by atoms with Crippen LogP contribution < -0.4 is 5.73 Å². The quantitative estimate of drug-likeness (QED) is 0.412. The van der Waals surface area contributed by atoms with E-state index < -0.39 is 58.0 Å². The van der Waals surface area contributed by atoms with Crippen molar-refractivity contribution in [2.24, 2.45) is 23.5 Å². The summed E-state index contributed by atoms with van der Waals surface area (Å²) in [5, 5.41) is 44.1. The van der Waals surface area contributed by atoms with Crippen LogP contribution in [0.5, 0.6) is 5.75 Å². The van der Waals surface area contributed by atoms with E-state index in [2.05, 4.69) is 0 Å². The SMILES string of the molecule is CC(C)Cc1ccc(O)c2c1C[C@@H]1C[C@@H]3[C@@H](N(C)C)C(O)=C(C(N)=O)C(=O)[C@@]3(O)C(O)=C1C2=O. The number of ketones is 2. The average Bonchev–Trinajstić information content (AvgIpc) is 2.72. The summed E-state index contributed by atoms with van der Waals surface area (Å²) in [5.74, 6) is -6.07. The number of carbonyl (C=O) groups is 3. The van der Waals surface area contributed by atoms with Gasteiger partial charge in [-0.1, -0.05) is 19.9 Å². The predicted octanol–water partition coefficient (Wildman–Crippen LogP) is 1.32. The Kier molecular flexibility index (Phi) is 5.61. The van der Waals surface area contributed by atoms with Gasteiger partial charge in [0.2, 0.25) is 5.78 Å². The number of primary amides is 1. The number of nitrogens with zero attached hydrogens (tertiary/aromatic N) is 1. The Balaban J connectivity index is 1.95. The molecule has 1 aromatic rings. The topological polar surface area (TPSA) is 161 Å². The third kappa shape index (κ3) is 3.18. The summed E-state index contributed by atoms with van der Waals surface area (Å²) >= 11 is 0. The highest BCUT2D eigenvalue weighted by Crippen LogP contribution is 2.52. The Morgan fingerprint density at radius 1 is 1.21 bits per heavy atom. The van der Waals surface area contributed by atoms with Gasteiger partial charge in [0, 0.05) is 11.5 Å². The van der Waals surface area contributed by atoms with Gasteiger partial charge in [0.15, 0.2) is 11.4 Å². The molecule has 182 valence electrons. The molecule has 0 bridgehead atoms. The van der Waals surface area contributed by atoms with Crippen molar-refractivity contribution in [2.45, 2.75) is 44.8 Å². The van der Waals surface area contributed by atoms with Crippen molar-refractivity contribution in [1.29, 1.82) is 0 Å². The molecule has 0 radical (unpaired) electrons. The van der Waals surface area contributed by atoms with E-state index in [4.69, 9.17) is 5.73 Å². The molecule has 1 aromatic carbocycles. The number of phenols is 1. The number of allylic oxidation sites excluding steroid dienone is 1. The number of likely N-dealkylation sites (N-methyl/N-ethyl adjacent to an activating group) is 1. The molecule has 0 spiro atoms. The standard InChI is InChI=1S/C25H30N2O7/c1-10(2)7-11-5-6-15(28)17-13(11)8-12-9-14-19(27(3)4)21(30)18(24(26)33)23(32)25(14,34)22(31)16(12)20(17)29/h5-6,10,12,14,19,28,30-31,34H,7-9H2,1-4H3,(H2,26,33)/t12-,14-,19-,25+/m1/s1. The lowest BCUT2D eigenvalue weighted by atomic mass is 9.58. The number of nitrogens with two attached hydrogens (primary N) is 1. The lowest BCUT2D eigenvalue weighted by Crippen LogP contribution is -2.63. The summed E-state index contributed by atoms with van der Waals surface area (Å²) in [6.07, 6.45) is 1.08. The van der Waals surface area contributed by atoms with Crippen molar-refractivity contribution in [2.75, 3.05) is 14.1 Å². The fraction of sp³-hybridized carbons (Fsp3) is 0.480. The lowest BCUT2D eigenvalue weighted by Gasteiger charge is -2.50. The number of phenolic OH excluding ortho intramolecular Hbond substituents is 1. The van der Waals surface area contributed by atoms with Crippen LogP contribution in [-0.4, -0.2) is 68.5 Å². The number of aromatic hydroxyl groups is 1. The lowest BCUT2D eigenvalue weighted by molar-refractivity contribution is -0.148. The number of Topliss-reactive ketones (excluding diaryl/α,β-unsaturated/α-hetero) is 2. The van der Waals surface area contributed by atoms with E-state index in [1.807, 2.05) is 13.8 Å². The van der Waals surface area contributed by atoms with E-state index in [0.29, 0.717) is 24.3 Å². The largest absolute Gasteiger partial charge is 0.510 e. The van der Waals surface area contributed by atoms with Crippen molar-refractivity contribution in [3.8, 4) is 5.75 Å². The van der Waals surface area contributed by atoms with Crippen molar-refractivity contribution >= 4 is 17.5 Å². The van der Waals surface area contributed by atoms with Crippen LogP contribution in [0.15, 0.2) is 34.8 Å². The first-order chi connectivity index (χ1) is 15.8. The maximum absolute atomic E-state index is 13.6. The molecule has 1 amide bonds. The number of fused-ring (bicyclic) bond motifs is 3. The summed E-state index contributed by atoms with van der Waals surface area (Å²) in [7, 11) is 3.21. The monoisotopic (exact) mass is 470 g/mol. The minimum absolute atomic E-state index is 0.0546. The molecule has 0 aliphatic heterocycles. The highest BCUT2D eigenvalue weighted by Gasteiger charge is 2.63. The van der Waals surface area contributed by atoms with Gasteiger partial charge in [-0.2, -0.15) is 0 Å². The van der Waals surface area contributed by atoms with Gasteiger partial charge in [-0.25, -0.2) is 0 Å². The second-order valence-electron chi connectivity index (χ2n) is 10.2. The van der Waals surface area contributed by atoms with Gasteiger partial charge in [0.05, 0.1) is 11.6 Å². The van der Waals surface area contributed by atoms with Gasteiger partial charge in [0.1, 0.15) is 22.8 Å². The Morgan fingerprint density at radius 2 is 1.85 bits per heavy atom. The molecule has 9 nitrogen and oxygen atoms in total. The predicted molar refractivity (Wildman–Crippen MR) is 122 cm³/mol.